The Morgan fingerprint density at radius 3 is 2.86 bits per heavy atom. The molecule has 0 bridgehead atoms. The highest BCUT2D eigenvalue weighted by atomic mass is 32.2. The van der Waals surface area contributed by atoms with E-state index in [2.05, 4.69) is 34.6 Å². The smallest absolute Gasteiger partial charge is 0.174 e. The fraction of sp³-hybridized carbons (Fsp3) is 0.467. The Balaban J connectivity index is 2.02. The van der Waals surface area contributed by atoms with Gasteiger partial charge in [0, 0.05) is 17.9 Å². The third kappa shape index (κ3) is 4.98. The Hall–Kier alpha value is -1.11. The number of methoxy groups -OCH3 is 1. The highest BCUT2D eigenvalue weighted by molar-refractivity contribution is 8.00. The third-order valence-corrected chi connectivity index (χ3v) is 4.98. The fourth-order valence-corrected chi connectivity index (χ4v) is 3.73. The Bertz CT molecular complexity index is 572. The second kappa shape index (κ2) is 8.36. The van der Waals surface area contributed by atoms with Crippen LogP contribution < -0.4 is 10.1 Å². The summed E-state index contributed by atoms with van der Waals surface area (Å²) in [6.45, 7) is 6.09. The summed E-state index contributed by atoms with van der Waals surface area (Å²) in [7, 11) is 1.72. The third-order valence-electron chi connectivity index (χ3n) is 2.96. The van der Waals surface area contributed by atoms with Gasteiger partial charge in [0.05, 0.1) is 7.11 Å². The minimum atomic E-state index is 0.847. The van der Waals surface area contributed by atoms with Gasteiger partial charge in [-0.15, -0.1) is 10.2 Å². The van der Waals surface area contributed by atoms with E-state index >= 15 is 0 Å². The van der Waals surface area contributed by atoms with Crippen molar-refractivity contribution in [2.24, 2.45) is 0 Å². The molecule has 2 aromatic rings. The average molecular weight is 323 g/mol. The number of ether oxygens (including phenoxy) is 1. The first-order valence-electron chi connectivity index (χ1n) is 7.02. The summed E-state index contributed by atoms with van der Waals surface area (Å²) in [5.74, 6) is 1.78. The maximum atomic E-state index is 5.45. The van der Waals surface area contributed by atoms with E-state index in [0.29, 0.717) is 0 Å². The van der Waals surface area contributed by atoms with E-state index in [0.717, 1.165) is 40.4 Å². The number of thioether (sulfide) groups is 1. The monoisotopic (exact) mass is 323 g/mol. The summed E-state index contributed by atoms with van der Waals surface area (Å²) in [4.78, 5) is 0. The van der Waals surface area contributed by atoms with Crippen molar-refractivity contribution >= 4 is 23.1 Å². The molecule has 1 aromatic heterocycles. The highest BCUT2D eigenvalue weighted by Gasteiger charge is 2.08. The molecule has 0 spiro atoms. The molecule has 4 nitrogen and oxygen atoms in total. The van der Waals surface area contributed by atoms with Crippen LogP contribution in [0, 0.1) is 6.92 Å². The molecular weight excluding hydrogens is 302 g/mol. The molecule has 0 amide bonds. The SMILES string of the molecule is CCCNCc1ccc(OC)c(CSc2nnc(C)s2)c1. The molecule has 1 aromatic carbocycles. The van der Waals surface area contributed by atoms with Crippen molar-refractivity contribution in [3.63, 3.8) is 0 Å². The lowest BCUT2D eigenvalue weighted by Crippen LogP contribution is -2.13. The van der Waals surface area contributed by atoms with Gasteiger partial charge in [-0.2, -0.15) is 0 Å². The van der Waals surface area contributed by atoms with Crippen LogP contribution in [0.1, 0.15) is 29.5 Å². The molecule has 0 aliphatic rings. The molecule has 0 aliphatic carbocycles. The molecule has 0 saturated heterocycles. The molecule has 114 valence electrons. The van der Waals surface area contributed by atoms with Gasteiger partial charge in [0.25, 0.3) is 0 Å². The number of hydrogen-bond acceptors (Lipinski definition) is 6. The van der Waals surface area contributed by atoms with Crippen LogP contribution in [0.4, 0.5) is 0 Å². The first kappa shape index (κ1) is 16.3. The van der Waals surface area contributed by atoms with E-state index in [4.69, 9.17) is 4.74 Å². The van der Waals surface area contributed by atoms with Gasteiger partial charge in [0.1, 0.15) is 10.8 Å². The second-order valence-electron chi connectivity index (χ2n) is 4.70. The molecule has 0 aliphatic heterocycles. The van der Waals surface area contributed by atoms with E-state index in [1.54, 1.807) is 30.2 Å². The van der Waals surface area contributed by atoms with E-state index in [1.165, 1.54) is 11.1 Å². The Labute approximate surface area is 134 Å². The van der Waals surface area contributed by atoms with Crippen LogP contribution in [0.5, 0.6) is 5.75 Å². The zero-order valence-corrected chi connectivity index (χ0v) is 14.3. The van der Waals surface area contributed by atoms with E-state index in [1.807, 2.05) is 13.0 Å². The predicted molar refractivity (Wildman–Crippen MR) is 89.2 cm³/mol. The lowest BCUT2D eigenvalue weighted by molar-refractivity contribution is 0.411. The van der Waals surface area contributed by atoms with E-state index in [9.17, 15) is 0 Å². The van der Waals surface area contributed by atoms with Crippen molar-refractivity contribution in [3.8, 4) is 5.75 Å². The minimum Gasteiger partial charge on any atom is -0.496 e. The number of rotatable bonds is 8. The van der Waals surface area contributed by atoms with Gasteiger partial charge in [-0.1, -0.05) is 36.1 Å². The summed E-state index contributed by atoms with van der Waals surface area (Å²) in [5, 5.41) is 12.6. The van der Waals surface area contributed by atoms with Gasteiger partial charge in [-0.3, -0.25) is 0 Å². The lowest BCUT2D eigenvalue weighted by atomic mass is 10.1. The molecular formula is C15H21N3OS2. The lowest BCUT2D eigenvalue weighted by Gasteiger charge is -2.10. The first-order chi connectivity index (χ1) is 10.2. The van der Waals surface area contributed by atoms with Crippen LogP contribution in [0.3, 0.4) is 0 Å². The molecule has 0 radical (unpaired) electrons. The molecule has 21 heavy (non-hydrogen) atoms. The first-order valence-corrected chi connectivity index (χ1v) is 8.82. The van der Waals surface area contributed by atoms with Crippen molar-refractivity contribution in [1.29, 1.82) is 0 Å². The molecule has 2 rings (SSSR count). The van der Waals surface area contributed by atoms with Gasteiger partial charge < -0.3 is 10.1 Å². The van der Waals surface area contributed by atoms with Crippen LogP contribution >= 0.6 is 23.1 Å². The Morgan fingerprint density at radius 2 is 2.19 bits per heavy atom. The van der Waals surface area contributed by atoms with Crippen LogP contribution in [0.15, 0.2) is 22.5 Å². The summed E-state index contributed by atoms with van der Waals surface area (Å²) in [5.41, 5.74) is 2.49. The Kier molecular flexibility index (Phi) is 6.48. The number of hydrogen-bond donors (Lipinski definition) is 1. The maximum absolute atomic E-state index is 5.45. The van der Waals surface area contributed by atoms with Crippen molar-refractivity contribution in [2.45, 2.75) is 36.9 Å². The van der Waals surface area contributed by atoms with Crippen LogP contribution in [-0.2, 0) is 12.3 Å². The van der Waals surface area contributed by atoms with Crippen LogP contribution in [-0.4, -0.2) is 23.9 Å². The molecule has 0 fully saturated rings. The number of benzene rings is 1. The number of nitrogens with one attached hydrogen (secondary N) is 1. The number of nitrogens with zero attached hydrogens (tertiary/aromatic N) is 2. The molecule has 1 heterocycles. The maximum Gasteiger partial charge on any atom is 0.174 e. The topological polar surface area (TPSA) is 47.0 Å². The summed E-state index contributed by atoms with van der Waals surface area (Å²) < 4.78 is 6.46. The van der Waals surface area contributed by atoms with Crippen molar-refractivity contribution in [1.82, 2.24) is 15.5 Å². The van der Waals surface area contributed by atoms with E-state index in [-0.39, 0.29) is 0 Å². The normalized spacial score (nSPS) is 10.8. The summed E-state index contributed by atoms with van der Waals surface area (Å²) in [6.07, 6.45) is 1.15. The molecule has 0 atom stereocenters. The number of aromatic nitrogens is 2. The van der Waals surface area contributed by atoms with Crippen LogP contribution in [0.2, 0.25) is 0 Å². The van der Waals surface area contributed by atoms with Gasteiger partial charge in [0.15, 0.2) is 4.34 Å². The van der Waals surface area contributed by atoms with Gasteiger partial charge in [0.2, 0.25) is 0 Å². The standard InChI is InChI=1S/C15H21N3OS2/c1-4-7-16-9-12-5-6-14(19-3)13(8-12)10-20-15-18-17-11(2)21-15/h5-6,8,16H,4,7,9-10H2,1-3H3. The van der Waals surface area contributed by atoms with Crippen molar-refractivity contribution < 1.29 is 4.74 Å². The molecule has 0 saturated carbocycles. The molecule has 1 N–H and O–H groups in total. The fourth-order valence-electron chi connectivity index (χ4n) is 1.94. The van der Waals surface area contributed by atoms with E-state index < -0.39 is 0 Å². The van der Waals surface area contributed by atoms with Crippen molar-refractivity contribution in [2.75, 3.05) is 13.7 Å². The highest BCUT2D eigenvalue weighted by Crippen LogP contribution is 2.30. The zero-order valence-electron chi connectivity index (χ0n) is 12.7. The van der Waals surface area contributed by atoms with Gasteiger partial charge >= 0.3 is 0 Å². The summed E-state index contributed by atoms with van der Waals surface area (Å²) in [6, 6.07) is 6.37. The Morgan fingerprint density at radius 1 is 1.33 bits per heavy atom. The second-order valence-corrected chi connectivity index (χ2v) is 7.10. The predicted octanol–water partition coefficient (Wildman–Crippen LogP) is 3.65. The van der Waals surface area contributed by atoms with Gasteiger partial charge in [-0.25, -0.2) is 0 Å². The van der Waals surface area contributed by atoms with Crippen molar-refractivity contribution in [3.05, 3.63) is 34.3 Å². The average Bonchev–Trinajstić information content (AvgIpc) is 2.91. The van der Waals surface area contributed by atoms with Crippen LogP contribution in [0.25, 0.3) is 0 Å². The molecule has 6 heteroatoms. The minimum absolute atomic E-state index is 0.847. The number of aryl methyl sites for hydroxylation is 1. The summed E-state index contributed by atoms with van der Waals surface area (Å²) >= 11 is 3.33. The zero-order chi connectivity index (χ0) is 15.1. The largest absolute Gasteiger partial charge is 0.496 e. The quantitative estimate of drug-likeness (QED) is 0.593. The van der Waals surface area contributed by atoms with Gasteiger partial charge in [-0.05, 0) is 37.6 Å². The molecule has 0 unspecified atom stereocenters.